The van der Waals surface area contributed by atoms with Gasteiger partial charge in [-0.1, -0.05) is 0 Å². The number of ether oxygens (including phenoxy) is 1. The van der Waals surface area contributed by atoms with E-state index in [1.54, 1.807) is 0 Å². The SMILES string of the molecule is O=C(O)C1Cc2nc[nH]c2CN1S(=O)(=O)CC1CCCO1. The Morgan fingerprint density at radius 2 is 2.38 bits per heavy atom. The maximum atomic E-state index is 12.5. The minimum Gasteiger partial charge on any atom is -0.480 e. The summed E-state index contributed by atoms with van der Waals surface area (Å²) in [5.41, 5.74) is 1.27. The predicted octanol–water partition coefficient (Wildman–Crippen LogP) is -0.270. The van der Waals surface area contributed by atoms with E-state index in [0.717, 1.165) is 10.7 Å². The molecular formula is C12H17N3O5S. The smallest absolute Gasteiger partial charge is 0.322 e. The standard InChI is InChI=1S/C12H17N3O5S/c16-12(17)11-4-9-10(14-7-13-9)5-15(11)21(18,19)6-8-2-1-3-20-8/h7-8,11H,1-6H2,(H,13,14)(H,16,17). The van der Waals surface area contributed by atoms with Crippen molar-refractivity contribution in [2.24, 2.45) is 0 Å². The van der Waals surface area contributed by atoms with E-state index in [9.17, 15) is 18.3 Å². The number of nitrogens with zero attached hydrogens (tertiary/aromatic N) is 2. The minimum atomic E-state index is -3.70. The Labute approximate surface area is 122 Å². The lowest BCUT2D eigenvalue weighted by atomic mass is 10.1. The zero-order valence-corrected chi connectivity index (χ0v) is 12.2. The second-order valence-electron chi connectivity index (χ2n) is 5.34. The van der Waals surface area contributed by atoms with Crippen LogP contribution in [-0.4, -0.2) is 58.3 Å². The number of carbonyl (C=O) groups is 1. The van der Waals surface area contributed by atoms with Crippen LogP contribution in [-0.2, 0) is 32.5 Å². The predicted molar refractivity (Wildman–Crippen MR) is 72.0 cm³/mol. The Morgan fingerprint density at radius 3 is 3.05 bits per heavy atom. The van der Waals surface area contributed by atoms with Crippen molar-refractivity contribution in [1.82, 2.24) is 14.3 Å². The fourth-order valence-corrected chi connectivity index (χ4v) is 4.62. The van der Waals surface area contributed by atoms with Crippen molar-refractivity contribution in [3.63, 3.8) is 0 Å². The van der Waals surface area contributed by atoms with E-state index >= 15 is 0 Å². The zero-order chi connectivity index (χ0) is 15.0. The van der Waals surface area contributed by atoms with Crippen molar-refractivity contribution in [3.05, 3.63) is 17.7 Å². The molecule has 0 radical (unpaired) electrons. The molecule has 0 saturated carbocycles. The lowest BCUT2D eigenvalue weighted by Crippen LogP contribution is -2.50. The molecule has 116 valence electrons. The quantitative estimate of drug-likeness (QED) is 0.791. The molecule has 8 nitrogen and oxygen atoms in total. The van der Waals surface area contributed by atoms with Gasteiger partial charge in [-0.2, -0.15) is 4.31 Å². The molecule has 3 heterocycles. The summed E-state index contributed by atoms with van der Waals surface area (Å²) in [5, 5.41) is 9.32. The number of carboxylic acids is 1. The summed E-state index contributed by atoms with van der Waals surface area (Å²) < 4.78 is 31.5. The molecule has 0 aliphatic carbocycles. The van der Waals surface area contributed by atoms with Crippen LogP contribution in [0.4, 0.5) is 0 Å². The maximum absolute atomic E-state index is 12.5. The van der Waals surface area contributed by atoms with Crippen LogP contribution in [0.5, 0.6) is 0 Å². The van der Waals surface area contributed by atoms with Crippen molar-refractivity contribution in [3.8, 4) is 0 Å². The molecule has 0 spiro atoms. The number of imidazole rings is 1. The third kappa shape index (κ3) is 2.81. The van der Waals surface area contributed by atoms with Crippen molar-refractivity contribution in [1.29, 1.82) is 0 Å². The van der Waals surface area contributed by atoms with Gasteiger partial charge in [0.2, 0.25) is 10.0 Å². The van der Waals surface area contributed by atoms with Crippen molar-refractivity contribution >= 4 is 16.0 Å². The molecule has 0 bridgehead atoms. The summed E-state index contributed by atoms with van der Waals surface area (Å²) in [7, 11) is -3.70. The Hall–Kier alpha value is -1.45. The van der Waals surface area contributed by atoms with Crippen LogP contribution >= 0.6 is 0 Å². The first-order valence-corrected chi connectivity index (χ1v) is 8.43. The summed E-state index contributed by atoms with van der Waals surface area (Å²) in [6.07, 6.45) is 2.74. The highest BCUT2D eigenvalue weighted by atomic mass is 32.2. The fourth-order valence-electron chi connectivity index (χ4n) is 2.82. The van der Waals surface area contributed by atoms with Crippen LogP contribution in [0.3, 0.4) is 0 Å². The summed E-state index contributed by atoms with van der Waals surface area (Å²) in [4.78, 5) is 18.3. The molecule has 0 amide bonds. The summed E-state index contributed by atoms with van der Waals surface area (Å²) >= 11 is 0. The molecule has 1 fully saturated rings. The van der Waals surface area contributed by atoms with Gasteiger partial charge in [0, 0.05) is 13.0 Å². The number of sulfonamides is 1. The molecule has 2 unspecified atom stereocenters. The monoisotopic (exact) mass is 315 g/mol. The summed E-state index contributed by atoms with van der Waals surface area (Å²) in [6.45, 7) is 0.578. The van der Waals surface area contributed by atoms with E-state index in [2.05, 4.69) is 9.97 Å². The van der Waals surface area contributed by atoms with Crippen molar-refractivity contribution < 1.29 is 23.1 Å². The van der Waals surface area contributed by atoms with E-state index in [0.29, 0.717) is 24.4 Å². The fraction of sp³-hybridized carbons (Fsp3) is 0.667. The number of nitrogens with one attached hydrogen (secondary N) is 1. The van der Waals surface area contributed by atoms with Gasteiger partial charge in [-0.25, -0.2) is 13.4 Å². The highest BCUT2D eigenvalue weighted by Gasteiger charge is 2.41. The van der Waals surface area contributed by atoms with Gasteiger partial charge < -0.3 is 14.8 Å². The molecule has 1 saturated heterocycles. The molecule has 2 atom stereocenters. The molecule has 2 N–H and O–H groups in total. The highest BCUT2D eigenvalue weighted by molar-refractivity contribution is 7.89. The minimum absolute atomic E-state index is 0.0152. The number of fused-ring (bicyclic) bond motifs is 1. The third-order valence-corrected chi connectivity index (χ3v) is 5.81. The van der Waals surface area contributed by atoms with Gasteiger partial charge in [0.05, 0.1) is 36.1 Å². The van der Waals surface area contributed by atoms with Gasteiger partial charge in [-0.3, -0.25) is 4.79 Å². The Bertz CT molecular complexity index is 635. The van der Waals surface area contributed by atoms with Gasteiger partial charge >= 0.3 is 5.97 Å². The third-order valence-electron chi connectivity index (χ3n) is 3.92. The Morgan fingerprint density at radius 1 is 1.57 bits per heavy atom. The number of carboxylic acid groups (broad SMARTS) is 1. The van der Waals surface area contributed by atoms with Crippen LogP contribution in [0, 0.1) is 0 Å². The second kappa shape index (κ2) is 5.39. The number of aromatic nitrogens is 2. The largest absolute Gasteiger partial charge is 0.480 e. The lowest BCUT2D eigenvalue weighted by Gasteiger charge is -2.31. The normalized spacial score (nSPS) is 26.7. The second-order valence-corrected chi connectivity index (χ2v) is 7.31. The number of hydrogen-bond acceptors (Lipinski definition) is 5. The van der Waals surface area contributed by atoms with Gasteiger partial charge in [0.25, 0.3) is 0 Å². The van der Waals surface area contributed by atoms with Gasteiger partial charge in [-0.05, 0) is 12.8 Å². The summed E-state index contributed by atoms with van der Waals surface area (Å²) in [5.74, 6) is -1.32. The molecule has 21 heavy (non-hydrogen) atoms. The van der Waals surface area contributed by atoms with Crippen LogP contribution in [0.25, 0.3) is 0 Å². The number of hydrogen-bond donors (Lipinski definition) is 2. The average Bonchev–Trinajstić information content (AvgIpc) is 3.06. The summed E-state index contributed by atoms with van der Waals surface area (Å²) in [6, 6.07) is -1.10. The van der Waals surface area contributed by atoms with Crippen LogP contribution in [0.2, 0.25) is 0 Å². The van der Waals surface area contributed by atoms with Crippen molar-refractivity contribution in [2.45, 2.75) is 38.0 Å². The molecule has 9 heteroatoms. The molecule has 0 aromatic carbocycles. The van der Waals surface area contributed by atoms with E-state index < -0.39 is 22.0 Å². The van der Waals surface area contributed by atoms with Crippen LogP contribution in [0.15, 0.2) is 6.33 Å². The van der Waals surface area contributed by atoms with Crippen molar-refractivity contribution in [2.75, 3.05) is 12.4 Å². The number of rotatable bonds is 4. The first-order valence-electron chi connectivity index (χ1n) is 6.82. The topological polar surface area (TPSA) is 113 Å². The van der Waals surface area contributed by atoms with E-state index in [1.165, 1.54) is 6.33 Å². The van der Waals surface area contributed by atoms with E-state index in [4.69, 9.17) is 4.74 Å². The highest BCUT2D eigenvalue weighted by Crippen LogP contribution is 2.26. The number of aromatic amines is 1. The average molecular weight is 315 g/mol. The molecule has 1 aromatic rings. The molecule has 2 aliphatic rings. The first kappa shape index (κ1) is 14.5. The molecule has 3 rings (SSSR count). The molecular weight excluding hydrogens is 298 g/mol. The Balaban J connectivity index is 1.85. The van der Waals surface area contributed by atoms with Gasteiger partial charge in [0.15, 0.2) is 0 Å². The van der Waals surface area contributed by atoms with Gasteiger partial charge in [-0.15, -0.1) is 0 Å². The van der Waals surface area contributed by atoms with Crippen LogP contribution < -0.4 is 0 Å². The number of H-pyrrole nitrogens is 1. The Kier molecular flexibility index (Phi) is 3.72. The molecule has 1 aromatic heterocycles. The van der Waals surface area contributed by atoms with E-state index in [1.807, 2.05) is 0 Å². The number of aliphatic carboxylic acids is 1. The van der Waals surface area contributed by atoms with Crippen LogP contribution in [0.1, 0.15) is 24.2 Å². The first-order chi connectivity index (χ1) is 9.97. The molecule has 2 aliphatic heterocycles. The maximum Gasteiger partial charge on any atom is 0.322 e. The lowest BCUT2D eigenvalue weighted by molar-refractivity contribution is -0.141. The van der Waals surface area contributed by atoms with E-state index in [-0.39, 0.29) is 24.8 Å². The van der Waals surface area contributed by atoms with Gasteiger partial charge in [0.1, 0.15) is 6.04 Å². The zero-order valence-electron chi connectivity index (χ0n) is 11.4.